The number of carbonyl (C=O) groups is 2. The first-order chi connectivity index (χ1) is 20.9. The minimum Gasteiger partial charge on any atom is -0.478 e. The fourth-order valence-electron chi connectivity index (χ4n) is 5.98. The fraction of sp³-hybridized carbons (Fsp3) is 0.485. The zero-order chi connectivity index (χ0) is 29.8. The minimum atomic E-state index is -0.986. The maximum absolute atomic E-state index is 13.5. The molecule has 2 aliphatic heterocycles. The number of morpholine rings is 1. The number of hydrogen-bond donors (Lipinski definition) is 2. The summed E-state index contributed by atoms with van der Waals surface area (Å²) in [7, 11) is 0. The highest BCUT2D eigenvalue weighted by Gasteiger charge is 2.36. The van der Waals surface area contributed by atoms with E-state index in [4.69, 9.17) is 9.47 Å². The molecule has 0 unspecified atom stereocenters. The van der Waals surface area contributed by atoms with E-state index in [0.717, 1.165) is 61.2 Å². The number of urea groups is 1. The molecule has 228 valence electrons. The average molecular weight is 587 g/mol. The topological polar surface area (TPSA) is 103 Å². The van der Waals surface area contributed by atoms with E-state index >= 15 is 0 Å². The molecule has 10 heteroatoms. The van der Waals surface area contributed by atoms with Gasteiger partial charge in [-0.25, -0.2) is 4.79 Å². The number of amides is 3. The van der Waals surface area contributed by atoms with Crippen molar-refractivity contribution in [1.82, 2.24) is 25.3 Å². The van der Waals surface area contributed by atoms with Crippen molar-refractivity contribution in [3.05, 3.63) is 66.5 Å². The Labute approximate surface area is 253 Å². The van der Waals surface area contributed by atoms with E-state index < -0.39 is 5.60 Å². The summed E-state index contributed by atoms with van der Waals surface area (Å²) < 4.78 is 11.6. The van der Waals surface area contributed by atoms with Gasteiger partial charge in [-0.15, -0.1) is 0 Å². The molecule has 1 aromatic heterocycles. The molecule has 2 aromatic carbocycles. The lowest BCUT2D eigenvalue weighted by Crippen LogP contribution is -2.52. The lowest BCUT2D eigenvalue weighted by molar-refractivity contribution is -0.149. The van der Waals surface area contributed by atoms with Crippen LogP contribution in [0, 0.1) is 0 Å². The SMILES string of the molecule is CC(C)(Oc1cccc(N2CCC[C@H](NC(=O)N(Cc3ccc(-c4cn[nH]c4)cc3)C3CC3)C2)c1)C(=O)N1CCOCC1. The first-order valence-electron chi connectivity index (χ1n) is 15.4. The second kappa shape index (κ2) is 12.7. The lowest BCUT2D eigenvalue weighted by Gasteiger charge is -2.37. The Kier molecular flexibility index (Phi) is 8.56. The van der Waals surface area contributed by atoms with Gasteiger partial charge in [0.05, 0.1) is 19.4 Å². The highest BCUT2D eigenvalue weighted by molar-refractivity contribution is 5.85. The Morgan fingerprint density at radius 1 is 1.07 bits per heavy atom. The zero-order valence-electron chi connectivity index (χ0n) is 25.1. The van der Waals surface area contributed by atoms with Gasteiger partial charge >= 0.3 is 6.03 Å². The van der Waals surface area contributed by atoms with Crippen LogP contribution in [0.25, 0.3) is 11.1 Å². The summed E-state index contributed by atoms with van der Waals surface area (Å²) in [4.78, 5) is 32.8. The summed E-state index contributed by atoms with van der Waals surface area (Å²) in [5.74, 6) is 0.630. The maximum Gasteiger partial charge on any atom is 0.318 e. The Balaban J connectivity index is 1.06. The Morgan fingerprint density at radius 3 is 2.58 bits per heavy atom. The third-order valence-electron chi connectivity index (χ3n) is 8.51. The third kappa shape index (κ3) is 7.13. The second-order valence-electron chi connectivity index (χ2n) is 12.3. The number of ether oxygens (including phenoxy) is 2. The van der Waals surface area contributed by atoms with Gasteiger partial charge in [-0.2, -0.15) is 5.10 Å². The molecule has 1 saturated carbocycles. The summed E-state index contributed by atoms with van der Waals surface area (Å²) in [6.07, 6.45) is 7.71. The van der Waals surface area contributed by atoms with Crippen LogP contribution in [-0.4, -0.2) is 89.0 Å². The summed E-state index contributed by atoms with van der Waals surface area (Å²) >= 11 is 0. The van der Waals surface area contributed by atoms with E-state index in [1.165, 1.54) is 0 Å². The van der Waals surface area contributed by atoms with Crippen LogP contribution in [0.5, 0.6) is 5.75 Å². The highest BCUT2D eigenvalue weighted by Crippen LogP contribution is 2.30. The molecule has 3 heterocycles. The van der Waals surface area contributed by atoms with Gasteiger partial charge < -0.3 is 29.5 Å². The first-order valence-corrected chi connectivity index (χ1v) is 15.4. The smallest absolute Gasteiger partial charge is 0.318 e. The average Bonchev–Trinajstić information content (AvgIpc) is 3.72. The highest BCUT2D eigenvalue weighted by atomic mass is 16.5. The van der Waals surface area contributed by atoms with E-state index in [9.17, 15) is 9.59 Å². The molecule has 0 bridgehead atoms. The number of aromatic amines is 1. The first kappa shape index (κ1) is 29.0. The number of aromatic nitrogens is 2. The molecular formula is C33H42N6O4. The number of rotatable bonds is 9. The van der Waals surface area contributed by atoms with E-state index in [-0.39, 0.29) is 18.0 Å². The molecule has 10 nitrogen and oxygen atoms in total. The van der Waals surface area contributed by atoms with Crippen molar-refractivity contribution in [2.45, 2.75) is 63.8 Å². The third-order valence-corrected chi connectivity index (χ3v) is 8.51. The molecule has 3 aromatic rings. The van der Waals surface area contributed by atoms with Crippen LogP contribution in [-0.2, 0) is 16.1 Å². The number of hydrogen-bond acceptors (Lipinski definition) is 6. The van der Waals surface area contributed by atoms with Gasteiger partial charge in [0, 0.05) is 68.3 Å². The van der Waals surface area contributed by atoms with Crippen molar-refractivity contribution in [2.75, 3.05) is 44.3 Å². The van der Waals surface area contributed by atoms with Gasteiger partial charge in [-0.1, -0.05) is 30.3 Å². The monoisotopic (exact) mass is 586 g/mol. The number of nitrogens with zero attached hydrogens (tertiary/aromatic N) is 4. The number of H-pyrrole nitrogens is 1. The molecule has 3 fully saturated rings. The molecule has 2 saturated heterocycles. The fourth-order valence-corrected chi connectivity index (χ4v) is 5.98. The Hall–Kier alpha value is -4.05. The maximum atomic E-state index is 13.5. The lowest BCUT2D eigenvalue weighted by atomic mass is 10.0. The molecule has 6 rings (SSSR count). The van der Waals surface area contributed by atoms with Gasteiger partial charge in [-0.3, -0.25) is 9.89 Å². The summed E-state index contributed by atoms with van der Waals surface area (Å²) in [6.45, 7) is 8.16. The molecule has 43 heavy (non-hydrogen) atoms. The van der Waals surface area contributed by atoms with Crippen LogP contribution in [0.15, 0.2) is 60.9 Å². The van der Waals surface area contributed by atoms with Crippen LogP contribution in [0.2, 0.25) is 0 Å². The predicted molar refractivity (Wildman–Crippen MR) is 165 cm³/mol. The normalized spacial score (nSPS) is 19.2. The summed E-state index contributed by atoms with van der Waals surface area (Å²) in [6, 6.07) is 16.6. The molecule has 3 aliphatic rings. The predicted octanol–water partition coefficient (Wildman–Crippen LogP) is 4.44. The van der Waals surface area contributed by atoms with Crippen molar-refractivity contribution >= 4 is 17.6 Å². The van der Waals surface area contributed by atoms with Gasteiger partial charge in [-0.05, 0) is 62.8 Å². The van der Waals surface area contributed by atoms with Crippen molar-refractivity contribution in [3.63, 3.8) is 0 Å². The van der Waals surface area contributed by atoms with Gasteiger partial charge in [0.25, 0.3) is 5.91 Å². The van der Waals surface area contributed by atoms with Crippen molar-refractivity contribution in [1.29, 1.82) is 0 Å². The molecule has 1 aliphatic carbocycles. The van der Waals surface area contributed by atoms with Crippen molar-refractivity contribution in [3.8, 4) is 16.9 Å². The number of piperidine rings is 1. The van der Waals surface area contributed by atoms with Gasteiger partial charge in [0.15, 0.2) is 5.60 Å². The van der Waals surface area contributed by atoms with E-state index in [1.807, 2.05) is 54.2 Å². The van der Waals surface area contributed by atoms with Crippen LogP contribution >= 0.6 is 0 Å². The van der Waals surface area contributed by atoms with E-state index in [0.29, 0.717) is 44.6 Å². The van der Waals surface area contributed by atoms with Crippen molar-refractivity contribution in [2.24, 2.45) is 0 Å². The van der Waals surface area contributed by atoms with Crippen LogP contribution in [0.4, 0.5) is 10.5 Å². The summed E-state index contributed by atoms with van der Waals surface area (Å²) in [5, 5.41) is 10.2. The van der Waals surface area contributed by atoms with Crippen LogP contribution in [0.1, 0.15) is 45.1 Å². The largest absolute Gasteiger partial charge is 0.478 e. The number of benzene rings is 2. The van der Waals surface area contributed by atoms with Crippen LogP contribution < -0.4 is 15.0 Å². The second-order valence-corrected chi connectivity index (χ2v) is 12.3. The number of anilines is 1. The molecule has 0 spiro atoms. The zero-order valence-corrected chi connectivity index (χ0v) is 25.1. The molecular weight excluding hydrogens is 544 g/mol. The quantitative estimate of drug-likeness (QED) is 0.385. The number of carbonyl (C=O) groups excluding carboxylic acids is 2. The molecule has 0 radical (unpaired) electrons. The molecule has 3 amide bonds. The van der Waals surface area contributed by atoms with E-state index in [1.54, 1.807) is 0 Å². The minimum absolute atomic E-state index is 0.00807. The van der Waals surface area contributed by atoms with Crippen LogP contribution in [0.3, 0.4) is 0 Å². The standard InChI is InChI=1S/C33H42N6O4/c1-33(2,31(40)37-15-17-42-18-16-37)43-30-7-3-6-29(19-30)38-14-4-5-27(23-38)36-32(41)39(28-12-13-28)22-24-8-10-25(11-9-24)26-20-34-35-21-26/h3,6-11,19-21,27-28H,4-5,12-18,22-23H2,1-2H3,(H,34,35)(H,36,41)/t27-/m0/s1. The molecule has 1 atom stereocenters. The summed E-state index contributed by atoms with van der Waals surface area (Å²) in [5.41, 5.74) is 3.31. The number of nitrogens with one attached hydrogen (secondary N) is 2. The van der Waals surface area contributed by atoms with Gasteiger partial charge in [0.2, 0.25) is 0 Å². The van der Waals surface area contributed by atoms with Gasteiger partial charge in [0.1, 0.15) is 5.75 Å². The van der Waals surface area contributed by atoms with Crippen molar-refractivity contribution < 1.29 is 19.1 Å². The molecule has 2 N–H and O–H groups in total. The Morgan fingerprint density at radius 2 is 1.86 bits per heavy atom. The van der Waals surface area contributed by atoms with E-state index in [2.05, 4.69) is 50.7 Å². The Bertz CT molecular complexity index is 1380.